The zero-order valence-corrected chi connectivity index (χ0v) is 14.8. The van der Waals surface area contributed by atoms with E-state index in [-0.39, 0.29) is 6.17 Å². The van der Waals surface area contributed by atoms with Crippen molar-refractivity contribution in [3.8, 4) is 16.9 Å². The summed E-state index contributed by atoms with van der Waals surface area (Å²) >= 11 is 6.14. The molecule has 3 heterocycles. The fourth-order valence-corrected chi connectivity index (χ4v) is 3.92. The van der Waals surface area contributed by atoms with Gasteiger partial charge in [-0.25, -0.2) is 0 Å². The van der Waals surface area contributed by atoms with Crippen LogP contribution < -0.4 is 15.4 Å². The number of aromatic nitrogens is 1. The van der Waals surface area contributed by atoms with Crippen LogP contribution in [0.2, 0.25) is 5.02 Å². The number of nitrogens with zero attached hydrogens (tertiary/aromatic N) is 1. The first kappa shape index (κ1) is 15.5. The van der Waals surface area contributed by atoms with Crippen molar-refractivity contribution < 1.29 is 4.74 Å². The van der Waals surface area contributed by atoms with Gasteiger partial charge in [0.15, 0.2) is 0 Å². The van der Waals surface area contributed by atoms with Crippen LogP contribution in [0.4, 0.5) is 11.4 Å². The molecule has 0 saturated heterocycles. The van der Waals surface area contributed by atoms with Gasteiger partial charge in [0.2, 0.25) is 0 Å². The predicted molar refractivity (Wildman–Crippen MR) is 105 cm³/mol. The van der Waals surface area contributed by atoms with Gasteiger partial charge in [-0.15, -0.1) is 0 Å². The third kappa shape index (κ3) is 2.76. The first-order valence-corrected chi connectivity index (χ1v) is 9.13. The number of benzene rings is 2. The van der Waals surface area contributed by atoms with E-state index in [1.165, 1.54) is 11.1 Å². The fraction of sp³-hybridized carbons (Fsp3) is 0.190. The van der Waals surface area contributed by atoms with Crippen LogP contribution in [-0.4, -0.2) is 17.8 Å². The van der Waals surface area contributed by atoms with Gasteiger partial charge < -0.3 is 15.4 Å². The third-order valence-corrected chi connectivity index (χ3v) is 5.32. The van der Waals surface area contributed by atoms with Gasteiger partial charge in [-0.2, -0.15) is 0 Å². The zero-order chi connectivity index (χ0) is 17.5. The number of rotatable bonds is 2. The Kier molecular flexibility index (Phi) is 3.71. The van der Waals surface area contributed by atoms with Crippen molar-refractivity contribution in [3.05, 3.63) is 71.5 Å². The molecule has 0 aliphatic carbocycles. The second-order valence-electron chi connectivity index (χ2n) is 6.79. The molecule has 0 spiro atoms. The summed E-state index contributed by atoms with van der Waals surface area (Å²) in [6.07, 6.45) is 4.72. The Hall–Kier alpha value is -2.72. The lowest BCUT2D eigenvalue weighted by atomic mass is 9.94. The first-order chi connectivity index (χ1) is 12.8. The molecular weight excluding hydrogens is 346 g/mol. The molecule has 0 fully saturated rings. The largest absolute Gasteiger partial charge is 0.493 e. The SMILES string of the molecule is Clc1ccc2c(c1)CC(C1Nc3ccc(-c4ccncc4)cc3N1)CO2. The van der Waals surface area contributed by atoms with E-state index >= 15 is 0 Å². The van der Waals surface area contributed by atoms with Crippen LogP contribution in [-0.2, 0) is 6.42 Å². The number of ether oxygens (including phenoxy) is 1. The molecule has 3 aromatic rings. The number of anilines is 2. The maximum atomic E-state index is 6.14. The van der Waals surface area contributed by atoms with E-state index in [0.717, 1.165) is 34.1 Å². The minimum absolute atomic E-state index is 0.143. The molecule has 0 bridgehead atoms. The summed E-state index contributed by atoms with van der Waals surface area (Å²) in [5.41, 5.74) is 5.77. The van der Waals surface area contributed by atoms with Crippen LogP contribution in [0.5, 0.6) is 5.75 Å². The number of hydrogen-bond acceptors (Lipinski definition) is 4. The predicted octanol–water partition coefficient (Wildman–Crippen LogP) is 4.82. The normalized spacial score (nSPS) is 20.3. The van der Waals surface area contributed by atoms with Gasteiger partial charge in [-0.3, -0.25) is 4.98 Å². The molecule has 2 aliphatic rings. The van der Waals surface area contributed by atoms with Crippen LogP contribution in [0.25, 0.3) is 11.1 Å². The molecule has 5 heteroatoms. The van der Waals surface area contributed by atoms with Gasteiger partial charge >= 0.3 is 0 Å². The summed E-state index contributed by atoms with van der Waals surface area (Å²) in [5.74, 6) is 1.28. The van der Waals surface area contributed by atoms with E-state index in [0.29, 0.717) is 12.5 Å². The second kappa shape index (κ2) is 6.22. The van der Waals surface area contributed by atoms with Crippen molar-refractivity contribution in [2.75, 3.05) is 17.2 Å². The van der Waals surface area contributed by atoms with Crippen molar-refractivity contribution >= 4 is 23.0 Å². The summed E-state index contributed by atoms with van der Waals surface area (Å²) in [4.78, 5) is 4.09. The van der Waals surface area contributed by atoms with Crippen LogP contribution >= 0.6 is 11.6 Å². The van der Waals surface area contributed by atoms with Crippen molar-refractivity contribution in [2.24, 2.45) is 5.92 Å². The molecule has 2 atom stereocenters. The van der Waals surface area contributed by atoms with E-state index in [4.69, 9.17) is 16.3 Å². The highest BCUT2D eigenvalue weighted by Crippen LogP contribution is 2.38. The first-order valence-electron chi connectivity index (χ1n) is 8.75. The van der Waals surface area contributed by atoms with Gasteiger partial charge in [0.05, 0.1) is 18.0 Å². The molecule has 130 valence electrons. The highest BCUT2D eigenvalue weighted by molar-refractivity contribution is 6.30. The van der Waals surface area contributed by atoms with E-state index in [1.807, 2.05) is 42.7 Å². The molecule has 2 N–H and O–H groups in total. The van der Waals surface area contributed by atoms with Crippen LogP contribution in [0, 0.1) is 5.92 Å². The lowest BCUT2D eigenvalue weighted by Gasteiger charge is -2.30. The van der Waals surface area contributed by atoms with E-state index in [2.05, 4.69) is 33.8 Å². The lowest BCUT2D eigenvalue weighted by molar-refractivity contribution is 0.213. The molecule has 5 rings (SSSR count). The molecule has 0 radical (unpaired) electrons. The number of fused-ring (bicyclic) bond motifs is 2. The quantitative estimate of drug-likeness (QED) is 0.685. The molecule has 0 saturated carbocycles. The van der Waals surface area contributed by atoms with Gasteiger partial charge in [0.1, 0.15) is 11.9 Å². The molecule has 26 heavy (non-hydrogen) atoms. The van der Waals surface area contributed by atoms with E-state index in [9.17, 15) is 0 Å². The topological polar surface area (TPSA) is 46.2 Å². The van der Waals surface area contributed by atoms with Gasteiger partial charge in [0, 0.05) is 23.3 Å². The summed E-state index contributed by atoms with van der Waals surface area (Å²) < 4.78 is 5.95. The highest BCUT2D eigenvalue weighted by atomic mass is 35.5. The highest BCUT2D eigenvalue weighted by Gasteiger charge is 2.31. The fourth-order valence-electron chi connectivity index (χ4n) is 3.72. The maximum absolute atomic E-state index is 6.14. The van der Waals surface area contributed by atoms with E-state index < -0.39 is 0 Å². The Bertz CT molecular complexity index is 961. The van der Waals surface area contributed by atoms with Crippen LogP contribution in [0.15, 0.2) is 60.9 Å². The lowest BCUT2D eigenvalue weighted by Crippen LogP contribution is -2.39. The van der Waals surface area contributed by atoms with Crippen molar-refractivity contribution in [1.82, 2.24) is 4.98 Å². The summed E-state index contributed by atoms with van der Waals surface area (Å²) in [5, 5.41) is 7.97. The molecule has 4 nitrogen and oxygen atoms in total. The number of hydrogen-bond donors (Lipinski definition) is 2. The maximum Gasteiger partial charge on any atom is 0.122 e. The minimum Gasteiger partial charge on any atom is -0.493 e. The summed E-state index contributed by atoms with van der Waals surface area (Å²) in [6.45, 7) is 0.685. The van der Waals surface area contributed by atoms with Gasteiger partial charge in [-0.1, -0.05) is 17.7 Å². The monoisotopic (exact) mass is 363 g/mol. The average Bonchev–Trinajstić information content (AvgIpc) is 3.11. The Morgan fingerprint density at radius 2 is 1.77 bits per heavy atom. The van der Waals surface area contributed by atoms with Crippen LogP contribution in [0.1, 0.15) is 5.56 Å². The zero-order valence-electron chi connectivity index (χ0n) is 14.1. The summed E-state index contributed by atoms with van der Waals surface area (Å²) in [6, 6.07) is 16.3. The Morgan fingerprint density at radius 1 is 0.923 bits per heavy atom. The third-order valence-electron chi connectivity index (χ3n) is 5.08. The average molecular weight is 364 g/mol. The Labute approximate surface area is 157 Å². The minimum atomic E-state index is 0.143. The van der Waals surface area contributed by atoms with Crippen LogP contribution in [0.3, 0.4) is 0 Å². The Balaban J connectivity index is 1.36. The standard InChI is InChI=1S/C21H18ClN3O/c22-17-2-4-20-15(10-17)9-16(12-26-20)21-24-18-3-1-14(11-19(18)25-21)13-5-7-23-8-6-13/h1-8,10-11,16,21,24-25H,9,12H2. The van der Waals surface area contributed by atoms with Gasteiger partial charge in [-0.05, 0) is 65.6 Å². The van der Waals surface area contributed by atoms with E-state index in [1.54, 1.807) is 0 Å². The molecule has 0 amide bonds. The molecule has 1 aromatic heterocycles. The number of pyridine rings is 1. The Morgan fingerprint density at radius 3 is 2.65 bits per heavy atom. The van der Waals surface area contributed by atoms with Gasteiger partial charge in [0.25, 0.3) is 0 Å². The summed E-state index contributed by atoms with van der Waals surface area (Å²) in [7, 11) is 0. The van der Waals surface area contributed by atoms with Crippen molar-refractivity contribution in [2.45, 2.75) is 12.6 Å². The van der Waals surface area contributed by atoms with Crippen molar-refractivity contribution in [3.63, 3.8) is 0 Å². The molecule has 2 aromatic carbocycles. The molecule has 2 unspecified atom stereocenters. The smallest absolute Gasteiger partial charge is 0.122 e. The molecule has 2 aliphatic heterocycles. The number of nitrogens with one attached hydrogen (secondary N) is 2. The van der Waals surface area contributed by atoms with Crippen molar-refractivity contribution in [1.29, 1.82) is 0 Å². The number of halogens is 1. The second-order valence-corrected chi connectivity index (χ2v) is 7.23. The molecular formula is C21H18ClN3O.